The minimum atomic E-state index is -1.03. The van der Waals surface area contributed by atoms with Crippen molar-refractivity contribution in [2.24, 2.45) is 0 Å². The van der Waals surface area contributed by atoms with Crippen molar-refractivity contribution in [1.82, 2.24) is 5.32 Å². The first kappa shape index (κ1) is 20.5. The van der Waals surface area contributed by atoms with E-state index in [1.807, 2.05) is 36.6 Å². The predicted octanol–water partition coefficient (Wildman–Crippen LogP) is 2.80. The fraction of sp³-hybridized carbons (Fsp3) is 0.250. The minimum Gasteiger partial charge on any atom is -0.478 e. The van der Waals surface area contributed by atoms with Gasteiger partial charge in [-0.2, -0.15) is 11.8 Å². The lowest BCUT2D eigenvalue weighted by Crippen LogP contribution is -2.44. The van der Waals surface area contributed by atoms with Gasteiger partial charge in [0.05, 0.1) is 12.0 Å². The molecule has 0 saturated carbocycles. The number of anilines is 1. The number of thioether (sulfide) groups is 1. The van der Waals surface area contributed by atoms with Crippen molar-refractivity contribution in [3.8, 4) is 0 Å². The average Bonchev–Trinajstić information content (AvgIpc) is 2.66. The zero-order valence-corrected chi connectivity index (χ0v) is 15.8. The molecule has 1 unspecified atom stereocenters. The van der Waals surface area contributed by atoms with E-state index in [1.165, 1.54) is 24.3 Å². The van der Waals surface area contributed by atoms with E-state index in [4.69, 9.17) is 5.11 Å². The van der Waals surface area contributed by atoms with E-state index in [0.29, 0.717) is 12.1 Å². The summed E-state index contributed by atoms with van der Waals surface area (Å²) in [5, 5.41) is 14.4. The Morgan fingerprint density at radius 2 is 1.70 bits per heavy atom. The number of benzene rings is 2. The molecule has 6 nitrogen and oxygen atoms in total. The molecule has 3 N–H and O–H groups in total. The van der Waals surface area contributed by atoms with Crippen LogP contribution < -0.4 is 10.6 Å². The van der Waals surface area contributed by atoms with Crippen LogP contribution >= 0.6 is 11.8 Å². The van der Waals surface area contributed by atoms with E-state index in [2.05, 4.69) is 10.6 Å². The number of hydrogen-bond donors (Lipinski definition) is 3. The first-order chi connectivity index (χ1) is 13.0. The molecule has 1 atom stereocenters. The summed E-state index contributed by atoms with van der Waals surface area (Å²) >= 11 is 1.59. The second-order valence-corrected chi connectivity index (χ2v) is 6.92. The maximum atomic E-state index is 12.6. The van der Waals surface area contributed by atoms with Crippen molar-refractivity contribution in [2.45, 2.75) is 18.9 Å². The highest BCUT2D eigenvalue weighted by atomic mass is 32.2. The molecule has 27 heavy (non-hydrogen) atoms. The quantitative estimate of drug-likeness (QED) is 0.616. The summed E-state index contributed by atoms with van der Waals surface area (Å²) in [4.78, 5) is 35.8. The van der Waals surface area contributed by atoms with Crippen LogP contribution in [0.15, 0.2) is 54.6 Å². The van der Waals surface area contributed by atoms with Crippen molar-refractivity contribution < 1.29 is 19.5 Å². The Hall–Kier alpha value is -2.80. The topological polar surface area (TPSA) is 95.5 Å². The molecule has 0 aliphatic carbocycles. The molecule has 0 bridgehead atoms. The van der Waals surface area contributed by atoms with E-state index >= 15 is 0 Å². The summed E-state index contributed by atoms with van der Waals surface area (Å²) < 4.78 is 0. The first-order valence-electron chi connectivity index (χ1n) is 8.46. The van der Waals surface area contributed by atoms with E-state index < -0.39 is 12.0 Å². The first-order valence-corrected chi connectivity index (χ1v) is 9.85. The van der Waals surface area contributed by atoms with Gasteiger partial charge in [0.1, 0.15) is 6.04 Å². The van der Waals surface area contributed by atoms with Gasteiger partial charge in [-0.25, -0.2) is 4.79 Å². The number of carboxylic acids is 1. The standard InChI is InChI=1S/C20H22N2O4S/c1-27-12-11-17(22-18(23)13-14-5-3-2-4-6-14)19(24)21-16-9-7-15(8-10-16)20(25)26/h2-10,17H,11-13H2,1H3,(H,21,24)(H,22,23)(H,25,26). The Kier molecular flexibility index (Phi) is 7.88. The van der Waals surface area contributed by atoms with Gasteiger partial charge in [0.25, 0.3) is 0 Å². The lowest BCUT2D eigenvalue weighted by molar-refractivity contribution is -0.126. The molecule has 0 aliphatic heterocycles. The van der Waals surface area contributed by atoms with Crippen molar-refractivity contribution in [2.75, 3.05) is 17.3 Å². The van der Waals surface area contributed by atoms with Gasteiger partial charge < -0.3 is 15.7 Å². The zero-order valence-electron chi connectivity index (χ0n) is 15.0. The van der Waals surface area contributed by atoms with Gasteiger partial charge in [-0.05, 0) is 48.3 Å². The number of carbonyl (C=O) groups excluding carboxylic acids is 2. The summed E-state index contributed by atoms with van der Waals surface area (Å²) in [6.45, 7) is 0. The van der Waals surface area contributed by atoms with Gasteiger partial charge in [-0.3, -0.25) is 9.59 Å². The molecular formula is C20H22N2O4S. The predicted molar refractivity (Wildman–Crippen MR) is 107 cm³/mol. The van der Waals surface area contributed by atoms with Crippen LogP contribution in [0.4, 0.5) is 5.69 Å². The molecule has 0 fully saturated rings. The van der Waals surface area contributed by atoms with Gasteiger partial charge in [0.15, 0.2) is 0 Å². The van der Waals surface area contributed by atoms with E-state index in [-0.39, 0.29) is 23.8 Å². The largest absolute Gasteiger partial charge is 0.478 e. The second kappa shape index (κ2) is 10.4. The van der Waals surface area contributed by atoms with Crippen LogP contribution in [0.2, 0.25) is 0 Å². The molecule has 0 aliphatic rings. The number of amides is 2. The van der Waals surface area contributed by atoms with Crippen LogP contribution in [-0.4, -0.2) is 40.9 Å². The average molecular weight is 386 g/mol. The van der Waals surface area contributed by atoms with Crippen molar-refractivity contribution in [3.05, 3.63) is 65.7 Å². The zero-order chi connectivity index (χ0) is 19.6. The summed E-state index contributed by atoms with van der Waals surface area (Å²) in [7, 11) is 0. The van der Waals surface area contributed by atoms with Crippen LogP contribution in [0.1, 0.15) is 22.3 Å². The molecule has 2 aromatic rings. The number of aromatic carboxylic acids is 1. The summed E-state index contributed by atoms with van der Waals surface area (Å²) in [5.74, 6) is -0.849. The molecule has 0 aromatic heterocycles. The van der Waals surface area contributed by atoms with E-state index in [1.54, 1.807) is 11.8 Å². The van der Waals surface area contributed by atoms with Crippen LogP contribution in [0.25, 0.3) is 0 Å². The number of nitrogens with one attached hydrogen (secondary N) is 2. The monoisotopic (exact) mass is 386 g/mol. The lowest BCUT2D eigenvalue weighted by Gasteiger charge is -2.18. The Morgan fingerprint density at radius 1 is 1.04 bits per heavy atom. The number of carbonyl (C=O) groups is 3. The molecule has 2 aromatic carbocycles. The minimum absolute atomic E-state index is 0.142. The molecule has 2 amide bonds. The maximum absolute atomic E-state index is 12.6. The lowest BCUT2D eigenvalue weighted by atomic mass is 10.1. The fourth-order valence-corrected chi connectivity index (χ4v) is 2.93. The normalized spacial score (nSPS) is 11.4. The number of rotatable bonds is 9. The number of hydrogen-bond acceptors (Lipinski definition) is 4. The van der Waals surface area contributed by atoms with Crippen LogP contribution in [0.3, 0.4) is 0 Å². The van der Waals surface area contributed by atoms with Crippen LogP contribution in [-0.2, 0) is 16.0 Å². The van der Waals surface area contributed by atoms with Crippen molar-refractivity contribution >= 4 is 35.2 Å². The summed E-state index contributed by atoms with van der Waals surface area (Å²) in [6.07, 6.45) is 2.64. The molecule has 142 valence electrons. The molecule has 0 heterocycles. The molecule has 0 radical (unpaired) electrons. The third-order valence-electron chi connectivity index (χ3n) is 3.87. The highest BCUT2D eigenvalue weighted by molar-refractivity contribution is 7.98. The smallest absolute Gasteiger partial charge is 0.335 e. The Morgan fingerprint density at radius 3 is 2.30 bits per heavy atom. The van der Waals surface area contributed by atoms with E-state index in [9.17, 15) is 14.4 Å². The number of carboxylic acid groups (broad SMARTS) is 1. The van der Waals surface area contributed by atoms with Crippen molar-refractivity contribution in [1.29, 1.82) is 0 Å². The molecule has 2 rings (SSSR count). The third kappa shape index (κ3) is 6.79. The highest BCUT2D eigenvalue weighted by Gasteiger charge is 2.20. The SMILES string of the molecule is CSCCC(NC(=O)Cc1ccccc1)C(=O)Nc1ccc(C(=O)O)cc1. The third-order valence-corrected chi connectivity index (χ3v) is 4.51. The molecular weight excluding hydrogens is 364 g/mol. The molecule has 0 spiro atoms. The van der Waals surface area contributed by atoms with E-state index in [0.717, 1.165) is 11.3 Å². The van der Waals surface area contributed by atoms with Gasteiger partial charge in [-0.1, -0.05) is 30.3 Å². The van der Waals surface area contributed by atoms with Gasteiger partial charge in [-0.15, -0.1) is 0 Å². The maximum Gasteiger partial charge on any atom is 0.335 e. The Bertz CT molecular complexity index is 778. The Balaban J connectivity index is 1.99. The van der Waals surface area contributed by atoms with Crippen molar-refractivity contribution in [3.63, 3.8) is 0 Å². The van der Waals surface area contributed by atoms with Gasteiger partial charge >= 0.3 is 5.97 Å². The van der Waals surface area contributed by atoms with Crippen LogP contribution in [0, 0.1) is 0 Å². The second-order valence-electron chi connectivity index (χ2n) is 5.94. The molecule has 0 saturated heterocycles. The van der Waals surface area contributed by atoms with Gasteiger partial charge in [0, 0.05) is 5.69 Å². The summed E-state index contributed by atoms with van der Waals surface area (Å²) in [5.41, 5.74) is 1.50. The van der Waals surface area contributed by atoms with Gasteiger partial charge in [0.2, 0.25) is 11.8 Å². The highest BCUT2D eigenvalue weighted by Crippen LogP contribution is 2.11. The summed E-state index contributed by atoms with van der Waals surface area (Å²) in [6, 6.07) is 14.6. The molecule has 7 heteroatoms. The van der Waals surface area contributed by atoms with Crippen LogP contribution in [0.5, 0.6) is 0 Å². The Labute approximate surface area is 162 Å². The fourth-order valence-electron chi connectivity index (χ4n) is 2.46.